The van der Waals surface area contributed by atoms with Crippen LogP contribution in [0.25, 0.3) is 11.0 Å². The Balaban J connectivity index is 1.23. The number of aliphatic hydroxyl groups is 1. The summed E-state index contributed by atoms with van der Waals surface area (Å²) in [6.45, 7) is 2.41. The van der Waals surface area contributed by atoms with Crippen LogP contribution in [0.5, 0.6) is 0 Å². The summed E-state index contributed by atoms with van der Waals surface area (Å²) in [4.78, 5) is 18.5. The molecule has 1 unspecified atom stereocenters. The van der Waals surface area contributed by atoms with Crippen LogP contribution in [0, 0.1) is 16.6 Å². The van der Waals surface area contributed by atoms with Gasteiger partial charge in [-0.2, -0.15) is 0 Å². The number of rotatable bonds is 5. The first-order valence-corrected chi connectivity index (χ1v) is 10.8. The Hall–Kier alpha value is -3.01. The van der Waals surface area contributed by atoms with E-state index in [-0.39, 0.29) is 35.6 Å². The van der Waals surface area contributed by atoms with Crippen LogP contribution in [0.3, 0.4) is 0 Å². The quantitative estimate of drug-likeness (QED) is 0.528. The maximum absolute atomic E-state index is 14.7. The van der Waals surface area contributed by atoms with Gasteiger partial charge in [-0.3, -0.25) is 25.5 Å². The van der Waals surface area contributed by atoms with Gasteiger partial charge in [-0.15, -0.1) is 0 Å². The molecule has 0 spiro atoms. The van der Waals surface area contributed by atoms with E-state index in [1.807, 2.05) is 6.08 Å². The van der Waals surface area contributed by atoms with Gasteiger partial charge in [0.1, 0.15) is 11.4 Å². The van der Waals surface area contributed by atoms with Crippen molar-refractivity contribution in [2.45, 2.75) is 31.0 Å². The number of halogens is 1. The first kappa shape index (κ1) is 20.9. The van der Waals surface area contributed by atoms with Crippen molar-refractivity contribution in [3.63, 3.8) is 0 Å². The third-order valence-corrected chi connectivity index (χ3v) is 6.59. The van der Waals surface area contributed by atoms with Gasteiger partial charge in [0.2, 0.25) is 0 Å². The van der Waals surface area contributed by atoms with Gasteiger partial charge in [0.15, 0.2) is 0 Å². The molecule has 0 bridgehead atoms. The smallest absolute Gasteiger partial charge is 0.251 e. The maximum atomic E-state index is 14.7. The molecule has 4 heterocycles. The summed E-state index contributed by atoms with van der Waals surface area (Å²) >= 11 is 0. The van der Waals surface area contributed by atoms with Gasteiger partial charge < -0.3 is 15.0 Å². The molecular formula is C23H25FN6O2. The Morgan fingerprint density at radius 2 is 2.00 bits per heavy atom. The summed E-state index contributed by atoms with van der Waals surface area (Å²) in [6.07, 6.45) is 8.09. The standard InChI is InChI=1S/C23H25FN6O2/c24-16-11-28-19-3-4-20(31)30-13-23(32,21(16)22(19)30)12-29-7-5-15(6-8-29)27-10-14-1-2-17(25)18(26)9-14/h1-4,9,11,15,25-27,32H,5-8,10,12-13H2. The molecule has 32 heavy (non-hydrogen) atoms. The van der Waals surface area contributed by atoms with Crippen molar-refractivity contribution in [1.82, 2.24) is 19.8 Å². The lowest BCUT2D eigenvalue weighted by Gasteiger charge is -2.37. The van der Waals surface area contributed by atoms with Crippen LogP contribution in [0.1, 0.15) is 18.4 Å². The highest BCUT2D eigenvalue weighted by Gasteiger charge is 2.43. The summed E-state index contributed by atoms with van der Waals surface area (Å²) in [6, 6.07) is 3.28. The van der Waals surface area contributed by atoms with Gasteiger partial charge in [0, 0.05) is 25.2 Å². The average molecular weight is 436 g/mol. The molecule has 5 rings (SSSR count). The van der Waals surface area contributed by atoms with Crippen LogP contribution >= 0.6 is 0 Å². The number of aromatic nitrogens is 2. The average Bonchev–Trinajstić information content (AvgIpc) is 3.09. The Kier molecular flexibility index (Phi) is 5.11. The molecule has 0 aromatic carbocycles. The minimum absolute atomic E-state index is 0.0285. The molecule has 8 nitrogen and oxygen atoms in total. The lowest BCUT2D eigenvalue weighted by molar-refractivity contribution is -0.0158. The number of likely N-dealkylation sites (tertiary alicyclic amines) is 1. The second-order valence-corrected chi connectivity index (χ2v) is 8.82. The van der Waals surface area contributed by atoms with Gasteiger partial charge in [-0.25, -0.2) is 4.39 Å². The van der Waals surface area contributed by atoms with Gasteiger partial charge in [-0.05, 0) is 49.7 Å². The van der Waals surface area contributed by atoms with Crippen LogP contribution < -0.4 is 10.9 Å². The highest BCUT2D eigenvalue weighted by molar-refractivity contribution is 6.49. The highest BCUT2D eigenvalue weighted by Crippen LogP contribution is 2.37. The second kappa shape index (κ2) is 7.84. The van der Waals surface area contributed by atoms with E-state index in [1.165, 1.54) is 10.6 Å². The third kappa shape index (κ3) is 3.62. The molecule has 4 N–H and O–H groups in total. The fraction of sp³-hybridized carbons (Fsp3) is 0.391. The number of nitrogens with zero attached hydrogens (tertiary/aromatic N) is 3. The molecule has 0 radical (unpaired) electrons. The zero-order chi connectivity index (χ0) is 22.5. The number of β-amino-alcohol motifs (C(OH)–C–C–N with tert-alkyl or cyclic N) is 1. The molecule has 2 aromatic rings. The van der Waals surface area contributed by atoms with Crippen molar-refractivity contribution < 1.29 is 9.50 Å². The first-order chi connectivity index (χ1) is 15.3. The Morgan fingerprint density at radius 1 is 1.22 bits per heavy atom. The Morgan fingerprint density at radius 3 is 2.75 bits per heavy atom. The molecular weight excluding hydrogens is 411 g/mol. The van der Waals surface area contributed by atoms with E-state index < -0.39 is 11.4 Å². The SMILES string of the molecule is N=C1C=CC(CNC2CCN(CC3(O)Cn4c(=O)ccc5ncc(F)c3c54)CC2)=CC1=N. The number of allylic oxidation sites excluding steroid dienone is 2. The lowest BCUT2D eigenvalue weighted by atomic mass is 9.93. The summed E-state index contributed by atoms with van der Waals surface area (Å²) in [7, 11) is 0. The largest absolute Gasteiger partial charge is 0.382 e. The molecule has 2 aromatic heterocycles. The predicted molar refractivity (Wildman–Crippen MR) is 120 cm³/mol. The molecule has 3 aliphatic rings. The van der Waals surface area contributed by atoms with Crippen LogP contribution in [0.2, 0.25) is 0 Å². The van der Waals surface area contributed by atoms with E-state index in [0.29, 0.717) is 23.6 Å². The highest BCUT2D eigenvalue weighted by atomic mass is 19.1. The summed E-state index contributed by atoms with van der Waals surface area (Å²) < 4.78 is 16.1. The second-order valence-electron chi connectivity index (χ2n) is 8.82. The van der Waals surface area contributed by atoms with Crippen LogP contribution in [0.4, 0.5) is 4.39 Å². The fourth-order valence-corrected chi connectivity index (χ4v) is 4.94. The van der Waals surface area contributed by atoms with Gasteiger partial charge in [0.05, 0.1) is 40.8 Å². The summed E-state index contributed by atoms with van der Waals surface area (Å²) in [5.74, 6) is -0.583. The Bertz CT molecular complexity index is 1240. The van der Waals surface area contributed by atoms with E-state index in [4.69, 9.17) is 10.8 Å². The van der Waals surface area contributed by atoms with Gasteiger partial charge >= 0.3 is 0 Å². The van der Waals surface area contributed by atoms with E-state index in [2.05, 4.69) is 15.2 Å². The molecule has 0 saturated carbocycles. The number of pyridine rings is 2. The predicted octanol–water partition coefficient (Wildman–Crippen LogP) is 1.33. The molecule has 1 fully saturated rings. The summed E-state index contributed by atoms with van der Waals surface area (Å²) in [5.41, 5.74) is 0.762. The number of hydrogen-bond donors (Lipinski definition) is 4. The molecule has 9 heteroatoms. The number of nitrogens with one attached hydrogen (secondary N) is 3. The van der Waals surface area contributed by atoms with E-state index in [0.717, 1.165) is 37.7 Å². The van der Waals surface area contributed by atoms with Gasteiger partial charge in [-0.1, -0.05) is 6.08 Å². The number of hydrogen-bond acceptors (Lipinski definition) is 7. The van der Waals surface area contributed by atoms with Gasteiger partial charge in [0.25, 0.3) is 5.56 Å². The fourth-order valence-electron chi connectivity index (χ4n) is 4.94. The Labute approximate surface area is 184 Å². The molecule has 166 valence electrons. The van der Waals surface area contributed by atoms with E-state index in [9.17, 15) is 14.3 Å². The molecule has 0 amide bonds. The van der Waals surface area contributed by atoms with Crippen molar-refractivity contribution in [3.8, 4) is 0 Å². The molecule has 1 aliphatic carbocycles. The topological polar surface area (TPSA) is 118 Å². The number of piperidine rings is 1. The third-order valence-electron chi connectivity index (χ3n) is 6.59. The van der Waals surface area contributed by atoms with Crippen molar-refractivity contribution in [3.05, 3.63) is 63.9 Å². The van der Waals surface area contributed by atoms with Crippen molar-refractivity contribution in [1.29, 1.82) is 10.8 Å². The zero-order valence-corrected chi connectivity index (χ0v) is 17.6. The minimum Gasteiger partial charge on any atom is -0.382 e. The van der Waals surface area contributed by atoms with Crippen molar-refractivity contribution in [2.24, 2.45) is 0 Å². The molecule has 2 aliphatic heterocycles. The van der Waals surface area contributed by atoms with E-state index in [1.54, 1.807) is 18.2 Å². The molecule has 1 saturated heterocycles. The zero-order valence-electron chi connectivity index (χ0n) is 17.6. The van der Waals surface area contributed by atoms with Crippen LogP contribution in [0.15, 0.2) is 46.9 Å². The van der Waals surface area contributed by atoms with Crippen molar-refractivity contribution >= 4 is 22.5 Å². The normalized spacial score (nSPS) is 23.9. The summed E-state index contributed by atoms with van der Waals surface area (Å²) in [5, 5.41) is 30.3. The first-order valence-electron chi connectivity index (χ1n) is 10.8. The lowest BCUT2D eigenvalue weighted by Crippen LogP contribution is -2.49. The monoisotopic (exact) mass is 436 g/mol. The molecule has 1 atom stereocenters. The van der Waals surface area contributed by atoms with Crippen molar-refractivity contribution in [2.75, 3.05) is 26.2 Å². The maximum Gasteiger partial charge on any atom is 0.251 e. The van der Waals surface area contributed by atoms with Crippen LogP contribution in [-0.4, -0.2) is 63.2 Å². The minimum atomic E-state index is -1.47. The van der Waals surface area contributed by atoms with E-state index >= 15 is 0 Å². The van der Waals surface area contributed by atoms with Crippen LogP contribution in [-0.2, 0) is 12.1 Å².